The average molecular weight is 190 g/mol. The van der Waals surface area contributed by atoms with Gasteiger partial charge in [0.1, 0.15) is 0 Å². The Morgan fingerprint density at radius 2 is 1.10 bits per heavy atom. The summed E-state index contributed by atoms with van der Waals surface area (Å²) in [5, 5.41) is 0. The van der Waals surface area contributed by atoms with E-state index in [9.17, 15) is 18.9 Å². The fourth-order valence-electron chi connectivity index (χ4n) is 0.163. The predicted molar refractivity (Wildman–Crippen MR) is 36.9 cm³/mol. The first-order valence-corrected chi connectivity index (χ1v) is 4.59. The Balaban J connectivity index is -0.000000245. The molecule has 0 aromatic rings. The van der Waals surface area contributed by atoms with Crippen LogP contribution in [0.2, 0.25) is 0 Å². The fourth-order valence-corrected chi connectivity index (χ4v) is 1.47. The molecule has 8 heteroatoms. The maximum absolute atomic E-state index is 9.67. The topological polar surface area (TPSA) is 153 Å². The molecule has 2 atom stereocenters. The van der Waals surface area contributed by atoms with Gasteiger partial charge >= 0.3 is 16.1 Å². The second-order valence-corrected chi connectivity index (χ2v) is 3.34. The summed E-state index contributed by atoms with van der Waals surface area (Å²) in [6.07, 6.45) is -0.512. The van der Waals surface area contributed by atoms with E-state index in [1.165, 1.54) is 0 Å². The predicted octanol–water partition coefficient (Wildman–Crippen LogP) is -0.0558. The van der Waals surface area contributed by atoms with Crippen molar-refractivity contribution < 1.29 is 18.9 Å². The van der Waals surface area contributed by atoms with Gasteiger partial charge in [-0.1, -0.05) is 9.13 Å². The largest absolute Gasteiger partial charge is 0.595 e. The lowest BCUT2D eigenvalue weighted by Crippen LogP contribution is -1.97. The highest BCUT2D eigenvalue weighted by Crippen LogP contribution is 2.14. The van der Waals surface area contributed by atoms with E-state index in [1.807, 2.05) is 0 Å². The molecule has 0 radical (unpaired) electrons. The molecule has 0 aromatic heterocycles. The van der Waals surface area contributed by atoms with Crippen LogP contribution in [0.1, 0.15) is 0 Å². The first-order valence-electron chi connectivity index (χ1n) is 1.86. The number of quaternary nitrogens is 2. The zero-order valence-electron chi connectivity index (χ0n) is 5.94. The van der Waals surface area contributed by atoms with Gasteiger partial charge in [0.15, 0.2) is 12.3 Å². The Labute approximate surface area is 60.5 Å². The Morgan fingerprint density at radius 1 is 0.900 bits per heavy atom. The zero-order valence-corrected chi connectivity index (χ0v) is 7.73. The molecule has 62 valence electrons. The van der Waals surface area contributed by atoms with Crippen LogP contribution in [-0.4, -0.2) is 12.3 Å². The first kappa shape index (κ1) is 16.6. The molecule has 0 spiro atoms. The summed E-state index contributed by atoms with van der Waals surface area (Å²) in [7, 11) is -5.03. The Bertz CT molecular complexity index is 104. The van der Waals surface area contributed by atoms with Crippen molar-refractivity contribution in [2.75, 3.05) is 12.3 Å². The molecule has 6 nitrogen and oxygen atoms in total. The zero-order chi connectivity index (χ0) is 6.57. The van der Waals surface area contributed by atoms with Crippen molar-refractivity contribution in [3.8, 4) is 0 Å². The highest BCUT2D eigenvalue weighted by Gasteiger charge is 2.07. The molecule has 8 N–H and O–H groups in total. The van der Waals surface area contributed by atoms with Crippen molar-refractivity contribution in [2.24, 2.45) is 0 Å². The number of rotatable bonds is 3. The van der Waals surface area contributed by atoms with Crippen molar-refractivity contribution in [3.63, 3.8) is 0 Å². The molecular formula is C2H12N2O4P2+2. The maximum atomic E-state index is 9.67. The van der Waals surface area contributed by atoms with Crippen molar-refractivity contribution >= 4 is 16.1 Å². The normalized spacial score (nSPS) is 10.6. The Morgan fingerprint density at radius 3 is 1.20 bits per heavy atom. The lowest BCUT2D eigenvalue weighted by atomic mass is 11.0. The van der Waals surface area contributed by atoms with E-state index in [0.717, 1.165) is 0 Å². The van der Waals surface area contributed by atoms with Crippen molar-refractivity contribution in [2.45, 2.75) is 0 Å². The fraction of sp³-hybridized carbons (Fsp3) is 1.00. The van der Waals surface area contributed by atoms with Gasteiger partial charge in [-0.2, -0.15) is 0 Å². The molecular weight excluding hydrogens is 178 g/mol. The summed E-state index contributed by atoms with van der Waals surface area (Å²) in [5.41, 5.74) is 0. The third kappa shape index (κ3) is 15.7. The van der Waals surface area contributed by atoms with Crippen LogP contribution in [0, 0.1) is 0 Å². The molecule has 2 unspecified atom stereocenters. The van der Waals surface area contributed by atoms with Gasteiger partial charge in [-0.3, -0.25) is 0 Å². The van der Waals surface area contributed by atoms with Gasteiger partial charge in [-0.05, 0) is 0 Å². The monoisotopic (exact) mass is 190 g/mol. The second kappa shape index (κ2) is 9.04. The van der Waals surface area contributed by atoms with Crippen LogP contribution in [-0.2, 0) is 9.13 Å². The SMILES string of the molecule is O=[P+]([O-])CC[P+](=O)[O-].[NH4+].[NH4+]. The summed E-state index contributed by atoms with van der Waals surface area (Å²) in [5.74, 6) is 0. The number of hydrogen-bond donors (Lipinski definition) is 2. The van der Waals surface area contributed by atoms with Gasteiger partial charge in [0.05, 0.1) is 0 Å². The minimum absolute atomic E-state index is 0. The minimum atomic E-state index is -2.52. The molecule has 0 heterocycles. The summed E-state index contributed by atoms with van der Waals surface area (Å²) in [6.45, 7) is 0. The van der Waals surface area contributed by atoms with Gasteiger partial charge in [-0.15, -0.1) is 0 Å². The minimum Gasteiger partial charge on any atom is -0.595 e. The van der Waals surface area contributed by atoms with Crippen LogP contribution in [0.4, 0.5) is 0 Å². The summed E-state index contributed by atoms with van der Waals surface area (Å²) in [6, 6.07) is 0. The first-order chi connectivity index (χ1) is 3.63. The van der Waals surface area contributed by atoms with E-state index in [4.69, 9.17) is 0 Å². The maximum Gasteiger partial charge on any atom is 0.313 e. The molecule has 0 rings (SSSR count). The van der Waals surface area contributed by atoms with E-state index in [2.05, 4.69) is 0 Å². The van der Waals surface area contributed by atoms with Crippen LogP contribution < -0.4 is 22.1 Å². The van der Waals surface area contributed by atoms with E-state index >= 15 is 0 Å². The molecule has 0 saturated heterocycles. The summed E-state index contributed by atoms with van der Waals surface area (Å²) >= 11 is 0. The Hall–Kier alpha value is 0.0400. The van der Waals surface area contributed by atoms with Crippen molar-refractivity contribution in [1.82, 2.24) is 12.3 Å². The highest BCUT2D eigenvalue weighted by molar-refractivity contribution is 7.41. The average Bonchev–Trinajstić information content (AvgIpc) is 1.61. The lowest BCUT2D eigenvalue weighted by molar-refractivity contribution is -0.168. The van der Waals surface area contributed by atoms with Crippen molar-refractivity contribution in [1.29, 1.82) is 0 Å². The lowest BCUT2D eigenvalue weighted by Gasteiger charge is -1.81. The van der Waals surface area contributed by atoms with Gasteiger partial charge in [0.25, 0.3) is 0 Å². The van der Waals surface area contributed by atoms with E-state index in [1.54, 1.807) is 0 Å². The van der Waals surface area contributed by atoms with E-state index in [0.29, 0.717) is 0 Å². The van der Waals surface area contributed by atoms with Gasteiger partial charge in [0.2, 0.25) is 0 Å². The molecule has 0 aliphatic rings. The number of hydrogen-bond acceptors (Lipinski definition) is 4. The smallest absolute Gasteiger partial charge is 0.313 e. The molecule has 0 aromatic carbocycles. The van der Waals surface area contributed by atoms with Gasteiger partial charge < -0.3 is 22.1 Å². The van der Waals surface area contributed by atoms with Gasteiger partial charge in [0, 0.05) is 0 Å². The van der Waals surface area contributed by atoms with E-state index < -0.39 is 16.1 Å². The van der Waals surface area contributed by atoms with Crippen LogP contribution in [0.15, 0.2) is 0 Å². The van der Waals surface area contributed by atoms with Crippen LogP contribution in [0.5, 0.6) is 0 Å². The van der Waals surface area contributed by atoms with Gasteiger partial charge in [-0.25, -0.2) is 0 Å². The van der Waals surface area contributed by atoms with E-state index in [-0.39, 0.29) is 24.6 Å². The summed E-state index contributed by atoms with van der Waals surface area (Å²) in [4.78, 5) is 19.3. The highest BCUT2D eigenvalue weighted by atomic mass is 31.1. The molecule has 10 heavy (non-hydrogen) atoms. The van der Waals surface area contributed by atoms with Crippen LogP contribution >= 0.6 is 16.1 Å². The third-order valence-corrected chi connectivity index (χ3v) is 2.00. The quantitative estimate of drug-likeness (QED) is 0.598. The van der Waals surface area contributed by atoms with Crippen molar-refractivity contribution in [3.05, 3.63) is 0 Å². The third-order valence-electron chi connectivity index (χ3n) is 0.465. The van der Waals surface area contributed by atoms with Crippen LogP contribution in [0.25, 0.3) is 0 Å². The molecule has 0 aliphatic carbocycles. The molecule has 0 amide bonds. The molecule has 0 bridgehead atoms. The molecule has 0 saturated carbocycles. The molecule has 0 fully saturated rings. The van der Waals surface area contributed by atoms with Crippen LogP contribution in [0.3, 0.4) is 0 Å². The molecule has 0 aliphatic heterocycles. The second-order valence-electron chi connectivity index (χ2n) is 1.11. The summed E-state index contributed by atoms with van der Waals surface area (Å²) < 4.78 is 19.3. The standard InChI is InChI=1S/C2H4O4P2.2H3N/c3-7(4)1-2-8(5)6;;/h1-2H2;2*1H3/p+2. The Kier molecular flexibility index (Phi) is 15.0.